The Morgan fingerprint density at radius 1 is 1.29 bits per heavy atom. The van der Waals surface area contributed by atoms with Crippen molar-refractivity contribution in [2.24, 2.45) is 0 Å². The van der Waals surface area contributed by atoms with Gasteiger partial charge in [0.05, 0.1) is 17.8 Å². The molecule has 0 aromatic carbocycles. The van der Waals surface area contributed by atoms with Gasteiger partial charge in [-0.15, -0.1) is 0 Å². The summed E-state index contributed by atoms with van der Waals surface area (Å²) in [4.78, 5) is 12.4. The number of anilines is 1. The number of rotatable bonds is 3. The van der Waals surface area contributed by atoms with Gasteiger partial charge in [-0.1, -0.05) is 0 Å². The lowest BCUT2D eigenvalue weighted by molar-refractivity contribution is 0.950. The predicted molar refractivity (Wildman–Crippen MR) is 63.0 cm³/mol. The van der Waals surface area contributed by atoms with Crippen LogP contribution >= 0.6 is 0 Å². The SMILES string of the molecule is Cc1nccc(CNc2ccc(C#N)cn2)n1. The second-order valence-corrected chi connectivity index (χ2v) is 3.49. The van der Waals surface area contributed by atoms with Crippen LogP contribution in [0.1, 0.15) is 17.1 Å². The Morgan fingerprint density at radius 2 is 2.18 bits per heavy atom. The summed E-state index contributed by atoms with van der Waals surface area (Å²) in [7, 11) is 0. The molecule has 0 saturated carbocycles. The summed E-state index contributed by atoms with van der Waals surface area (Å²) < 4.78 is 0. The second kappa shape index (κ2) is 5.03. The fourth-order valence-electron chi connectivity index (χ4n) is 1.35. The fourth-order valence-corrected chi connectivity index (χ4v) is 1.35. The zero-order valence-corrected chi connectivity index (χ0v) is 9.38. The van der Waals surface area contributed by atoms with Gasteiger partial charge in [-0.25, -0.2) is 15.0 Å². The summed E-state index contributed by atoms with van der Waals surface area (Å²) in [5.41, 5.74) is 1.46. The van der Waals surface area contributed by atoms with Gasteiger partial charge in [0.2, 0.25) is 0 Å². The van der Waals surface area contributed by atoms with E-state index in [1.54, 1.807) is 18.3 Å². The lowest BCUT2D eigenvalue weighted by atomic mass is 10.3. The molecule has 0 fully saturated rings. The van der Waals surface area contributed by atoms with Gasteiger partial charge >= 0.3 is 0 Å². The van der Waals surface area contributed by atoms with Crippen molar-refractivity contribution in [3.05, 3.63) is 47.7 Å². The summed E-state index contributed by atoms with van der Waals surface area (Å²) in [5.74, 6) is 1.47. The second-order valence-electron chi connectivity index (χ2n) is 3.49. The summed E-state index contributed by atoms with van der Waals surface area (Å²) in [5, 5.41) is 11.8. The Kier molecular flexibility index (Phi) is 3.26. The number of aryl methyl sites for hydroxylation is 1. The van der Waals surface area contributed by atoms with E-state index in [0.29, 0.717) is 12.1 Å². The molecule has 0 bridgehead atoms. The molecule has 0 unspecified atom stereocenters. The van der Waals surface area contributed by atoms with E-state index in [1.165, 1.54) is 6.20 Å². The smallest absolute Gasteiger partial charge is 0.126 e. The monoisotopic (exact) mass is 225 g/mol. The molecule has 2 aromatic rings. The first-order chi connectivity index (χ1) is 8.28. The van der Waals surface area contributed by atoms with Crippen molar-refractivity contribution in [1.82, 2.24) is 15.0 Å². The van der Waals surface area contributed by atoms with Crippen molar-refractivity contribution >= 4 is 5.82 Å². The fraction of sp³-hybridized carbons (Fsp3) is 0.167. The van der Waals surface area contributed by atoms with Crippen LogP contribution in [0.5, 0.6) is 0 Å². The quantitative estimate of drug-likeness (QED) is 0.859. The van der Waals surface area contributed by atoms with Crippen LogP contribution in [0.2, 0.25) is 0 Å². The Balaban J connectivity index is 2.00. The lowest BCUT2D eigenvalue weighted by Gasteiger charge is -2.04. The number of hydrogen-bond donors (Lipinski definition) is 1. The van der Waals surface area contributed by atoms with Crippen LogP contribution in [0, 0.1) is 18.3 Å². The highest BCUT2D eigenvalue weighted by atomic mass is 15.0. The first-order valence-electron chi connectivity index (χ1n) is 5.16. The minimum absolute atomic E-state index is 0.549. The maximum Gasteiger partial charge on any atom is 0.126 e. The molecule has 0 aliphatic heterocycles. The molecule has 0 aliphatic rings. The Labute approximate surface area is 99.2 Å². The number of nitrogens with zero attached hydrogens (tertiary/aromatic N) is 4. The number of pyridine rings is 1. The van der Waals surface area contributed by atoms with Gasteiger partial charge < -0.3 is 5.32 Å². The highest BCUT2D eigenvalue weighted by Gasteiger charge is 1.97. The molecule has 0 saturated heterocycles. The molecule has 2 rings (SSSR count). The molecule has 1 N–H and O–H groups in total. The number of nitriles is 1. The van der Waals surface area contributed by atoms with Crippen LogP contribution in [0.25, 0.3) is 0 Å². The van der Waals surface area contributed by atoms with Gasteiger partial charge in [-0.3, -0.25) is 0 Å². The van der Waals surface area contributed by atoms with Gasteiger partial charge in [-0.2, -0.15) is 5.26 Å². The average molecular weight is 225 g/mol. The van der Waals surface area contributed by atoms with Gasteiger partial charge in [0, 0.05) is 12.4 Å². The van der Waals surface area contributed by atoms with E-state index < -0.39 is 0 Å². The van der Waals surface area contributed by atoms with Gasteiger partial charge in [0.15, 0.2) is 0 Å². The van der Waals surface area contributed by atoms with Crippen LogP contribution in [0.3, 0.4) is 0 Å². The maximum atomic E-state index is 8.64. The molecular formula is C12H11N5. The molecule has 0 spiro atoms. The topological polar surface area (TPSA) is 74.5 Å². The third-order valence-electron chi connectivity index (χ3n) is 2.18. The van der Waals surface area contributed by atoms with Crippen molar-refractivity contribution < 1.29 is 0 Å². The molecule has 0 atom stereocenters. The van der Waals surface area contributed by atoms with E-state index >= 15 is 0 Å². The van der Waals surface area contributed by atoms with Gasteiger partial charge in [0.1, 0.15) is 17.7 Å². The Morgan fingerprint density at radius 3 is 2.82 bits per heavy atom. The average Bonchev–Trinajstić information content (AvgIpc) is 2.37. The third kappa shape index (κ3) is 2.98. The predicted octanol–water partition coefficient (Wildman–Crippen LogP) is 1.66. The summed E-state index contributed by atoms with van der Waals surface area (Å²) in [6.07, 6.45) is 3.26. The van der Waals surface area contributed by atoms with Crippen molar-refractivity contribution in [2.75, 3.05) is 5.32 Å². The number of hydrogen-bond acceptors (Lipinski definition) is 5. The minimum atomic E-state index is 0.549. The Bertz CT molecular complexity index is 542. The standard InChI is InChI=1S/C12H11N5/c1-9-14-5-4-11(17-9)8-16-12-3-2-10(6-13)7-15-12/h2-5,7H,8H2,1H3,(H,15,16). The van der Waals surface area contributed by atoms with Crippen molar-refractivity contribution in [1.29, 1.82) is 5.26 Å². The largest absolute Gasteiger partial charge is 0.364 e. The van der Waals surface area contributed by atoms with Crippen LogP contribution in [0.4, 0.5) is 5.82 Å². The molecule has 84 valence electrons. The van der Waals surface area contributed by atoms with Crippen molar-refractivity contribution in [2.45, 2.75) is 13.5 Å². The molecule has 0 aliphatic carbocycles. The molecule has 5 nitrogen and oxygen atoms in total. The van der Waals surface area contributed by atoms with E-state index in [0.717, 1.165) is 17.3 Å². The third-order valence-corrected chi connectivity index (χ3v) is 2.18. The maximum absolute atomic E-state index is 8.64. The number of aromatic nitrogens is 3. The zero-order chi connectivity index (χ0) is 12.1. The van der Waals surface area contributed by atoms with E-state index in [1.807, 2.05) is 19.1 Å². The molecular weight excluding hydrogens is 214 g/mol. The van der Waals surface area contributed by atoms with E-state index in [-0.39, 0.29) is 0 Å². The van der Waals surface area contributed by atoms with Crippen LogP contribution < -0.4 is 5.32 Å². The molecule has 17 heavy (non-hydrogen) atoms. The van der Waals surface area contributed by atoms with Crippen molar-refractivity contribution in [3.8, 4) is 6.07 Å². The van der Waals surface area contributed by atoms with Crippen molar-refractivity contribution in [3.63, 3.8) is 0 Å². The molecule has 2 aromatic heterocycles. The molecule has 0 radical (unpaired) electrons. The Hall–Kier alpha value is -2.48. The molecule has 2 heterocycles. The first kappa shape index (κ1) is 11.0. The van der Waals surface area contributed by atoms with Gasteiger partial charge in [0.25, 0.3) is 0 Å². The number of nitrogens with one attached hydrogen (secondary N) is 1. The molecule has 0 amide bonds. The first-order valence-corrected chi connectivity index (χ1v) is 5.16. The van der Waals surface area contributed by atoms with Crippen LogP contribution in [-0.4, -0.2) is 15.0 Å². The van der Waals surface area contributed by atoms with E-state index in [9.17, 15) is 0 Å². The normalized spacial score (nSPS) is 9.65. The van der Waals surface area contributed by atoms with Gasteiger partial charge in [-0.05, 0) is 25.1 Å². The van der Waals surface area contributed by atoms with E-state index in [4.69, 9.17) is 5.26 Å². The lowest BCUT2D eigenvalue weighted by Crippen LogP contribution is -2.04. The summed E-state index contributed by atoms with van der Waals surface area (Å²) >= 11 is 0. The summed E-state index contributed by atoms with van der Waals surface area (Å²) in [6.45, 7) is 2.44. The minimum Gasteiger partial charge on any atom is -0.364 e. The molecule has 5 heteroatoms. The van der Waals surface area contributed by atoms with Crippen LogP contribution in [-0.2, 0) is 6.54 Å². The highest BCUT2D eigenvalue weighted by Crippen LogP contribution is 2.05. The van der Waals surface area contributed by atoms with E-state index in [2.05, 4.69) is 20.3 Å². The zero-order valence-electron chi connectivity index (χ0n) is 9.38. The summed E-state index contributed by atoms with van der Waals surface area (Å²) in [6, 6.07) is 7.37. The highest BCUT2D eigenvalue weighted by molar-refractivity contribution is 5.39. The van der Waals surface area contributed by atoms with Crippen LogP contribution in [0.15, 0.2) is 30.6 Å².